The first-order valence-electron chi connectivity index (χ1n) is 5.33. The molecule has 4 nitrogen and oxygen atoms in total. The number of halogens is 1. The number of nitrogen functional groups attached to an aromatic ring is 1. The monoisotopic (exact) mass is 261 g/mol. The van der Waals surface area contributed by atoms with E-state index in [1.807, 2.05) is 0 Å². The lowest BCUT2D eigenvalue weighted by atomic mass is 10.3. The van der Waals surface area contributed by atoms with Crippen molar-refractivity contribution in [1.29, 1.82) is 0 Å². The van der Waals surface area contributed by atoms with Gasteiger partial charge in [0.05, 0.1) is 11.5 Å². The minimum Gasteiger partial charge on any atom is -0.489 e. The molecule has 0 aliphatic heterocycles. The number of ether oxygens (including phenoxy) is 1. The van der Waals surface area contributed by atoms with Crippen LogP contribution in [0.1, 0.15) is 13.3 Å². The van der Waals surface area contributed by atoms with E-state index in [-0.39, 0.29) is 23.9 Å². The van der Waals surface area contributed by atoms with Crippen LogP contribution in [-0.2, 0) is 9.84 Å². The molecule has 0 aliphatic rings. The average molecular weight is 261 g/mol. The highest BCUT2D eigenvalue weighted by molar-refractivity contribution is 7.91. The maximum atomic E-state index is 13.3. The number of hydrogen-bond acceptors (Lipinski definition) is 4. The predicted molar refractivity (Wildman–Crippen MR) is 65.3 cm³/mol. The summed E-state index contributed by atoms with van der Waals surface area (Å²) in [6, 6.07) is 4.02. The smallest absolute Gasteiger partial charge is 0.167 e. The highest BCUT2D eigenvalue weighted by Crippen LogP contribution is 2.19. The molecule has 0 saturated carbocycles. The number of benzene rings is 1. The van der Waals surface area contributed by atoms with Gasteiger partial charge in [0.1, 0.15) is 6.61 Å². The van der Waals surface area contributed by atoms with Crippen LogP contribution in [0.2, 0.25) is 0 Å². The molecule has 0 radical (unpaired) electrons. The van der Waals surface area contributed by atoms with E-state index in [1.165, 1.54) is 12.1 Å². The van der Waals surface area contributed by atoms with Gasteiger partial charge < -0.3 is 10.5 Å². The topological polar surface area (TPSA) is 69.4 Å². The lowest BCUT2D eigenvalue weighted by Gasteiger charge is -2.07. The van der Waals surface area contributed by atoms with Crippen molar-refractivity contribution in [3.63, 3.8) is 0 Å². The van der Waals surface area contributed by atoms with Crippen LogP contribution in [0.5, 0.6) is 5.75 Å². The third kappa shape index (κ3) is 4.60. The lowest BCUT2D eigenvalue weighted by Crippen LogP contribution is -2.17. The fourth-order valence-corrected chi connectivity index (χ4v) is 2.49. The third-order valence-corrected chi connectivity index (χ3v) is 3.94. The second kappa shape index (κ2) is 5.86. The molecular weight excluding hydrogens is 245 g/mol. The number of rotatable bonds is 6. The Balaban J connectivity index is 2.51. The van der Waals surface area contributed by atoms with E-state index < -0.39 is 15.7 Å². The fraction of sp³-hybridized carbons (Fsp3) is 0.455. The van der Waals surface area contributed by atoms with Crippen molar-refractivity contribution in [2.24, 2.45) is 0 Å². The molecule has 17 heavy (non-hydrogen) atoms. The Morgan fingerprint density at radius 3 is 2.65 bits per heavy atom. The van der Waals surface area contributed by atoms with Crippen molar-refractivity contribution in [3.05, 3.63) is 24.0 Å². The van der Waals surface area contributed by atoms with Crippen molar-refractivity contribution in [3.8, 4) is 5.75 Å². The van der Waals surface area contributed by atoms with Crippen LogP contribution in [0.4, 0.5) is 10.1 Å². The zero-order chi connectivity index (χ0) is 12.9. The summed E-state index contributed by atoms with van der Waals surface area (Å²) < 4.78 is 41.1. The van der Waals surface area contributed by atoms with E-state index in [9.17, 15) is 12.8 Å². The van der Waals surface area contributed by atoms with Gasteiger partial charge in [-0.05, 0) is 18.6 Å². The van der Waals surface area contributed by atoms with Crippen molar-refractivity contribution in [1.82, 2.24) is 0 Å². The summed E-state index contributed by atoms with van der Waals surface area (Å²) in [6.45, 7) is 1.74. The van der Waals surface area contributed by atoms with Gasteiger partial charge in [-0.15, -0.1) is 0 Å². The summed E-state index contributed by atoms with van der Waals surface area (Å²) in [6.07, 6.45) is 0.568. The zero-order valence-electron chi connectivity index (χ0n) is 9.65. The van der Waals surface area contributed by atoms with E-state index in [2.05, 4.69) is 0 Å². The average Bonchev–Trinajstić information content (AvgIpc) is 2.21. The van der Waals surface area contributed by atoms with E-state index in [0.717, 1.165) is 6.07 Å². The molecule has 0 aromatic heterocycles. The second-order valence-corrected chi connectivity index (χ2v) is 5.99. The maximum absolute atomic E-state index is 13.3. The van der Waals surface area contributed by atoms with Crippen molar-refractivity contribution in [2.45, 2.75) is 13.3 Å². The van der Waals surface area contributed by atoms with Crippen LogP contribution in [0.3, 0.4) is 0 Å². The summed E-state index contributed by atoms with van der Waals surface area (Å²) in [4.78, 5) is 0. The Labute approximate surface area is 101 Å². The summed E-state index contributed by atoms with van der Waals surface area (Å²) in [7, 11) is -3.09. The zero-order valence-corrected chi connectivity index (χ0v) is 10.5. The molecule has 6 heteroatoms. The first kappa shape index (κ1) is 13.8. The van der Waals surface area contributed by atoms with Gasteiger partial charge >= 0.3 is 0 Å². The third-order valence-electron chi connectivity index (χ3n) is 2.12. The standard InChI is InChI=1S/C11H16FNO3S/c1-2-6-17(14,15)7-5-16-11-4-3-9(13)8-10(11)12/h3-4,8H,2,5-7,13H2,1H3. The van der Waals surface area contributed by atoms with Crippen LogP contribution in [0.15, 0.2) is 18.2 Å². The lowest BCUT2D eigenvalue weighted by molar-refractivity contribution is 0.322. The first-order chi connectivity index (χ1) is 7.94. The molecule has 96 valence electrons. The molecule has 0 heterocycles. The van der Waals surface area contributed by atoms with Gasteiger partial charge in [0, 0.05) is 11.8 Å². The van der Waals surface area contributed by atoms with Gasteiger partial charge in [-0.2, -0.15) is 0 Å². The molecule has 0 spiro atoms. The van der Waals surface area contributed by atoms with Crippen LogP contribution in [0.25, 0.3) is 0 Å². The summed E-state index contributed by atoms with van der Waals surface area (Å²) in [5, 5.41) is 0. The van der Waals surface area contributed by atoms with Gasteiger partial charge in [-0.1, -0.05) is 6.92 Å². The molecule has 0 unspecified atom stereocenters. The molecular formula is C11H16FNO3S. The van der Waals surface area contributed by atoms with Crippen molar-refractivity contribution >= 4 is 15.5 Å². The molecule has 1 aromatic rings. The normalized spacial score (nSPS) is 11.4. The van der Waals surface area contributed by atoms with Crippen LogP contribution < -0.4 is 10.5 Å². The van der Waals surface area contributed by atoms with E-state index in [0.29, 0.717) is 12.1 Å². The minimum atomic E-state index is -3.09. The van der Waals surface area contributed by atoms with Crippen LogP contribution in [-0.4, -0.2) is 26.5 Å². The van der Waals surface area contributed by atoms with Gasteiger partial charge in [0.15, 0.2) is 21.4 Å². The summed E-state index contributed by atoms with van der Waals surface area (Å²) >= 11 is 0. The summed E-state index contributed by atoms with van der Waals surface area (Å²) in [5.74, 6) is -0.547. The minimum absolute atomic E-state index is 0.0194. The number of nitrogens with two attached hydrogens (primary N) is 1. The molecule has 0 atom stereocenters. The van der Waals surface area contributed by atoms with Crippen LogP contribution >= 0.6 is 0 Å². The summed E-state index contributed by atoms with van der Waals surface area (Å²) in [5.41, 5.74) is 5.67. The molecule has 0 fully saturated rings. The number of anilines is 1. The molecule has 0 amide bonds. The molecule has 2 N–H and O–H groups in total. The Morgan fingerprint density at radius 1 is 1.35 bits per heavy atom. The van der Waals surface area contributed by atoms with E-state index in [1.54, 1.807) is 6.92 Å². The Morgan fingerprint density at radius 2 is 2.06 bits per heavy atom. The number of hydrogen-bond donors (Lipinski definition) is 1. The van der Waals surface area contributed by atoms with Crippen molar-refractivity contribution in [2.75, 3.05) is 23.8 Å². The number of sulfone groups is 1. The Kier molecular flexibility index (Phi) is 4.74. The largest absolute Gasteiger partial charge is 0.489 e. The first-order valence-corrected chi connectivity index (χ1v) is 7.15. The second-order valence-electron chi connectivity index (χ2n) is 3.69. The molecule has 0 saturated heterocycles. The quantitative estimate of drug-likeness (QED) is 0.790. The molecule has 0 aliphatic carbocycles. The highest BCUT2D eigenvalue weighted by atomic mass is 32.2. The Hall–Kier alpha value is -1.30. The van der Waals surface area contributed by atoms with Crippen LogP contribution in [0, 0.1) is 5.82 Å². The van der Waals surface area contributed by atoms with E-state index >= 15 is 0 Å². The Bertz CT molecular complexity index is 474. The fourth-order valence-electron chi connectivity index (χ4n) is 1.33. The molecule has 1 aromatic carbocycles. The SMILES string of the molecule is CCCS(=O)(=O)CCOc1ccc(N)cc1F. The van der Waals surface area contributed by atoms with E-state index in [4.69, 9.17) is 10.5 Å². The molecule has 0 bridgehead atoms. The van der Waals surface area contributed by atoms with Gasteiger partial charge in [0.25, 0.3) is 0 Å². The molecule has 1 rings (SSSR count). The van der Waals surface area contributed by atoms with Gasteiger partial charge in [0.2, 0.25) is 0 Å². The highest BCUT2D eigenvalue weighted by Gasteiger charge is 2.10. The van der Waals surface area contributed by atoms with Gasteiger partial charge in [-0.25, -0.2) is 12.8 Å². The predicted octanol–water partition coefficient (Wildman–Crippen LogP) is 1.61. The maximum Gasteiger partial charge on any atom is 0.167 e. The van der Waals surface area contributed by atoms with Crippen molar-refractivity contribution < 1.29 is 17.5 Å². The van der Waals surface area contributed by atoms with Gasteiger partial charge in [-0.3, -0.25) is 0 Å².